The Kier molecular flexibility index (Phi) is 5.62. The first-order chi connectivity index (χ1) is 14.8. The Bertz CT molecular complexity index is 1140. The van der Waals surface area contributed by atoms with Crippen LogP contribution in [0.2, 0.25) is 0 Å². The molecule has 1 aliphatic rings. The summed E-state index contributed by atoms with van der Waals surface area (Å²) in [5.74, 6) is 0.0150. The largest absolute Gasteiger partial charge is 0.486 e. The van der Waals surface area contributed by atoms with E-state index in [0.29, 0.717) is 18.0 Å². The maximum absolute atomic E-state index is 12.5. The summed E-state index contributed by atoms with van der Waals surface area (Å²) >= 11 is 0. The molecule has 9 nitrogen and oxygen atoms in total. The molecule has 4 rings (SSSR count). The van der Waals surface area contributed by atoms with Gasteiger partial charge in [-0.1, -0.05) is 6.07 Å². The number of nitrogens with one attached hydrogen (secondary N) is 1. The van der Waals surface area contributed by atoms with Gasteiger partial charge in [-0.25, -0.2) is 9.78 Å². The molecule has 162 valence electrons. The Labute approximate surface area is 178 Å². The van der Waals surface area contributed by atoms with Gasteiger partial charge in [0.2, 0.25) is 5.91 Å². The normalized spacial score (nSPS) is 18.9. The van der Waals surface area contributed by atoms with Crippen LogP contribution >= 0.6 is 0 Å². The number of hydrogen-bond acceptors (Lipinski definition) is 6. The summed E-state index contributed by atoms with van der Waals surface area (Å²) in [6.45, 7) is 2.66. The fraction of sp³-hybridized carbons (Fsp3) is 0.318. The minimum atomic E-state index is -1.05. The Morgan fingerprint density at radius 3 is 2.81 bits per heavy atom. The van der Waals surface area contributed by atoms with Crippen LogP contribution in [0, 0.1) is 6.92 Å². The fourth-order valence-corrected chi connectivity index (χ4v) is 3.76. The summed E-state index contributed by atoms with van der Waals surface area (Å²) in [6.07, 6.45) is -1.33. The van der Waals surface area contributed by atoms with Crippen LogP contribution in [0.3, 0.4) is 0 Å². The molecule has 1 aliphatic heterocycles. The van der Waals surface area contributed by atoms with Crippen molar-refractivity contribution in [2.24, 2.45) is 7.05 Å². The number of likely N-dealkylation sites (tertiary alicyclic amines) is 1. The van der Waals surface area contributed by atoms with Gasteiger partial charge in [-0.05, 0) is 43.3 Å². The molecule has 3 N–H and O–H groups in total. The van der Waals surface area contributed by atoms with E-state index in [1.54, 1.807) is 17.0 Å². The molecule has 3 aromatic rings. The van der Waals surface area contributed by atoms with E-state index in [2.05, 4.69) is 10.3 Å². The number of amides is 1. The van der Waals surface area contributed by atoms with Crippen LogP contribution in [-0.2, 0) is 11.8 Å². The SMILES string of the molecule is Cc1nc2cc(NC(=O)CN3C[C@@H](O)[C@H](Oc4cccc(C(=O)O)c4)C3)ccc2n1C. The molecule has 0 saturated carbocycles. The Morgan fingerprint density at radius 1 is 1.23 bits per heavy atom. The number of aromatic carboxylic acids is 1. The maximum atomic E-state index is 12.5. The zero-order chi connectivity index (χ0) is 22.1. The lowest BCUT2D eigenvalue weighted by molar-refractivity contribution is -0.117. The van der Waals surface area contributed by atoms with Gasteiger partial charge in [0.1, 0.15) is 23.8 Å². The number of aromatic nitrogens is 2. The average molecular weight is 424 g/mol. The van der Waals surface area contributed by atoms with Gasteiger partial charge in [-0.2, -0.15) is 0 Å². The number of imidazole rings is 1. The predicted octanol–water partition coefficient (Wildman–Crippen LogP) is 1.64. The van der Waals surface area contributed by atoms with Crippen LogP contribution in [0.15, 0.2) is 42.5 Å². The van der Waals surface area contributed by atoms with Gasteiger partial charge in [0.15, 0.2) is 0 Å². The zero-order valence-electron chi connectivity index (χ0n) is 17.3. The summed E-state index contributed by atoms with van der Waals surface area (Å²) in [4.78, 5) is 29.9. The van der Waals surface area contributed by atoms with Crippen LogP contribution in [-0.4, -0.2) is 68.4 Å². The number of benzene rings is 2. The topological polar surface area (TPSA) is 117 Å². The minimum absolute atomic E-state index is 0.103. The molecule has 2 heterocycles. The summed E-state index contributed by atoms with van der Waals surface area (Å²) < 4.78 is 7.76. The summed E-state index contributed by atoms with van der Waals surface area (Å²) in [7, 11) is 1.94. The third-order valence-corrected chi connectivity index (χ3v) is 5.44. The van der Waals surface area contributed by atoms with Crippen LogP contribution in [0.5, 0.6) is 5.75 Å². The number of aliphatic hydroxyl groups excluding tert-OH is 1. The number of hydrogen-bond donors (Lipinski definition) is 3. The maximum Gasteiger partial charge on any atom is 0.335 e. The number of fused-ring (bicyclic) bond motifs is 1. The number of anilines is 1. The summed E-state index contributed by atoms with van der Waals surface area (Å²) in [5.41, 5.74) is 2.58. The van der Waals surface area contributed by atoms with E-state index in [1.165, 1.54) is 12.1 Å². The molecule has 1 fully saturated rings. The number of rotatable bonds is 6. The van der Waals surface area contributed by atoms with Gasteiger partial charge in [0.25, 0.3) is 0 Å². The molecular weight excluding hydrogens is 400 g/mol. The van der Waals surface area contributed by atoms with E-state index in [1.807, 2.05) is 36.7 Å². The van der Waals surface area contributed by atoms with Gasteiger partial charge in [-0.3, -0.25) is 9.69 Å². The van der Waals surface area contributed by atoms with Crippen molar-refractivity contribution < 1.29 is 24.5 Å². The van der Waals surface area contributed by atoms with Crippen molar-refractivity contribution in [3.8, 4) is 5.75 Å². The predicted molar refractivity (Wildman–Crippen MR) is 114 cm³/mol. The lowest BCUT2D eigenvalue weighted by Crippen LogP contribution is -2.33. The molecule has 0 radical (unpaired) electrons. The molecule has 0 aliphatic carbocycles. The fourth-order valence-electron chi connectivity index (χ4n) is 3.76. The van der Waals surface area contributed by atoms with E-state index in [4.69, 9.17) is 9.84 Å². The summed E-state index contributed by atoms with van der Waals surface area (Å²) in [6, 6.07) is 11.7. The quantitative estimate of drug-likeness (QED) is 0.551. The molecule has 9 heteroatoms. The van der Waals surface area contributed by atoms with E-state index >= 15 is 0 Å². The van der Waals surface area contributed by atoms with Crippen molar-refractivity contribution >= 4 is 28.6 Å². The molecule has 0 spiro atoms. The second-order valence-electron chi connectivity index (χ2n) is 7.72. The number of aliphatic hydroxyl groups is 1. The number of ether oxygens (including phenoxy) is 1. The van der Waals surface area contributed by atoms with Gasteiger partial charge < -0.3 is 24.8 Å². The number of carbonyl (C=O) groups is 2. The van der Waals surface area contributed by atoms with Gasteiger partial charge >= 0.3 is 5.97 Å². The molecule has 2 aromatic carbocycles. The van der Waals surface area contributed by atoms with E-state index in [0.717, 1.165) is 16.9 Å². The lowest BCUT2D eigenvalue weighted by Gasteiger charge is -2.17. The van der Waals surface area contributed by atoms with Crippen LogP contribution in [0.25, 0.3) is 11.0 Å². The highest BCUT2D eigenvalue weighted by molar-refractivity contribution is 5.94. The minimum Gasteiger partial charge on any atom is -0.486 e. The number of carboxylic acids is 1. The number of carbonyl (C=O) groups excluding carboxylic acids is 1. The van der Waals surface area contributed by atoms with E-state index in [9.17, 15) is 14.7 Å². The van der Waals surface area contributed by atoms with Crippen molar-refractivity contribution in [3.05, 3.63) is 53.9 Å². The number of nitrogens with zero attached hydrogens (tertiary/aromatic N) is 3. The van der Waals surface area contributed by atoms with Gasteiger partial charge in [0.05, 0.1) is 23.1 Å². The highest BCUT2D eigenvalue weighted by Gasteiger charge is 2.34. The van der Waals surface area contributed by atoms with Crippen molar-refractivity contribution in [2.45, 2.75) is 19.1 Å². The Hall–Kier alpha value is -3.43. The monoisotopic (exact) mass is 424 g/mol. The number of carboxylic acid groups (broad SMARTS) is 1. The second-order valence-corrected chi connectivity index (χ2v) is 7.72. The van der Waals surface area contributed by atoms with Crippen molar-refractivity contribution in [2.75, 3.05) is 25.0 Å². The number of aryl methyl sites for hydroxylation is 2. The van der Waals surface area contributed by atoms with Gasteiger partial charge in [-0.15, -0.1) is 0 Å². The number of β-amino-alcohol motifs (C(OH)–C–C–N with tert-alkyl or cyclic N) is 1. The Morgan fingerprint density at radius 2 is 2.03 bits per heavy atom. The second kappa shape index (κ2) is 8.37. The highest BCUT2D eigenvalue weighted by atomic mass is 16.5. The van der Waals surface area contributed by atoms with Crippen molar-refractivity contribution in [1.82, 2.24) is 14.5 Å². The third-order valence-electron chi connectivity index (χ3n) is 5.44. The average Bonchev–Trinajstić information content (AvgIpc) is 3.20. The third kappa shape index (κ3) is 4.52. The van der Waals surface area contributed by atoms with E-state index in [-0.39, 0.29) is 24.6 Å². The first kappa shape index (κ1) is 20.8. The molecule has 0 unspecified atom stereocenters. The first-order valence-electron chi connectivity index (χ1n) is 9.93. The van der Waals surface area contributed by atoms with Crippen LogP contribution < -0.4 is 10.1 Å². The molecule has 31 heavy (non-hydrogen) atoms. The van der Waals surface area contributed by atoms with E-state index < -0.39 is 18.2 Å². The van der Waals surface area contributed by atoms with Crippen molar-refractivity contribution in [3.63, 3.8) is 0 Å². The lowest BCUT2D eigenvalue weighted by atomic mass is 10.2. The van der Waals surface area contributed by atoms with Crippen LogP contribution in [0.1, 0.15) is 16.2 Å². The first-order valence-corrected chi connectivity index (χ1v) is 9.93. The highest BCUT2D eigenvalue weighted by Crippen LogP contribution is 2.21. The zero-order valence-corrected chi connectivity index (χ0v) is 17.3. The molecule has 1 amide bonds. The summed E-state index contributed by atoms with van der Waals surface area (Å²) in [5, 5.41) is 22.3. The van der Waals surface area contributed by atoms with Gasteiger partial charge in [0, 0.05) is 25.8 Å². The smallest absolute Gasteiger partial charge is 0.335 e. The molecular formula is C22H24N4O5. The Balaban J connectivity index is 1.35. The molecule has 1 saturated heterocycles. The molecule has 0 bridgehead atoms. The molecule has 1 aromatic heterocycles. The van der Waals surface area contributed by atoms with Crippen LogP contribution in [0.4, 0.5) is 5.69 Å². The standard InChI is InChI=1S/C22H24N4O5/c1-13-23-17-9-15(6-7-18(17)25(13)2)24-21(28)12-26-10-19(27)20(11-26)31-16-5-3-4-14(8-16)22(29)30/h3-9,19-20,27H,10-12H2,1-2H3,(H,24,28)(H,29,30)/t19-,20-/m1/s1. The molecule has 2 atom stereocenters. The van der Waals surface area contributed by atoms with Crippen molar-refractivity contribution in [1.29, 1.82) is 0 Å².